The van der Waals surface area contributed by atoms with Crippen LogP contribution in [-0.2, 0) is 0 Å². The first-order valence-corrected chi connectivity index (χ1v) is 7.35. The van der Waals surface area contributed by atoms with Gasteiger partial charge in [-0.25, -0.2) is 0 Å². The average Bonchev–Trinajstić information content (AvgIpc) is 2.47. The lowest BCUT2D eigenvalue weighted by Crippen LogP contribution is -2.34. The lowest BCUT2D eigenvalue weighted by Gasteiger charge is -2.11. The molecule has 0 bridgehead atoms. The number of hydrogen-bond acceptors (Lipinski definition) is 4. The van der Waals surface area contributed by atoms with Crippen molar-refractivity contribution in [2.45, 2.75) is 6.92 Å². The zero-order valence-corrected chi connectivity index (χ0v) is 13.6. The van der Waals surface area contributed by atoms with E-state index < -0.39 is 11.9 Å². The molecule has 0 fully saturated rings. The maximum Gasteiger partial charge on any atom is 0.258 e. The van der Waals surface area contributed by atoms with E-state index in [1.807, 2.05) is 6.92 Å². The summed E-state index contributed by atoms with van der Waals surface area (Å²) in [5.74, 6) is -1.69. The zero-order valence-electron chi connectivity index (χ0n) is 12.1. The second-order valence-corrected chi connectivity index (χ2v) is 5.57. The Bertz CT molecular complexity index is 775. The first kappa shape index (κ1) is 16.9. The number of rotatable bonds is 3. The monoisotopic (exact) mass is 347 g/mol. The van der Waals surface area contributed by atoms with Crippen molar-refractivity contribution in [3.63, 3.8) is 0 Å². The van der Waals surface area contributed by atoms with Gasteiger partial charge in [0.15, 0.2) is 5.11 Å². The summed E-state index contributed by atoms with van der Waals surface area (Å²) in [7, 11) is 0. The number of benzene rings is 2. The Morgan fingerprint density at radius 1 is 1.13 bits per heavy atom. The fourth-order valence-electron chi connectivity index (χ4n) is 1.83. The summed E-state index contributed by atoms with van der Waals surface area (Å²) in [5.41, 5.74) is 1.85. The van der Waals surface area contributed by atoms with Crippen LogP contribution >= 0.6 is 23.8 Å². The summed E-state index contributed by atoms with van der Waals surface area (Å²) in [4.78, 5) is 22.8. The number of halogens is 1. The molecule has 2 rings (SSSR count). The predicted molar refractivity (Wildman–Crippen MR) is 90.6 cm³/mol. The molecule has 0 aliphatic rings. The molecule has 0 aromatic heterocycles. The van der Waals surface area contributed by atoms with E-state index in [2.05, 4.69) is 10.6 Å². The second-order valence-electron chi connectivity index (χ2n) is 4.76. The molecular weight excluding hydrogens is 336 g/mol. The highest BCUT2D eigenvalue weighted by atomic mass is 35.5. The number of carbonyl (C=O) groups excluding carboxylic acids is 2. The molecule has 118 valence electrons. The number of aryl methyl sites for hydroxylation is 1. The van der Waals surface area contributed by atoms with Gasteiger partial charge < -0.3 is 15.2 Å². The van der Waals surface area contributed by atoms with Crippen molar-refractivity contribution in [2.75, 3.05) is 5.32 Å². The molecule has 2 aromatic rings. The Kier molecular flexibility index (Phi) is 5.31. The van der Waals surface area contributed by atoms with Crippen molar-refractivity contribution in [3.8, 4) is 0 Å². The molecule has 0 atom stereocenters. The van der Waals surface area contributed by atoms with Gasteiger partial charge in [-0.2, -0.15) is 0 Å². The number of carbonyl (C=O) groups is 2. The van der Waals surface area contributed by atoms with Gasteiger partial charge in [-0.1, -0.05) is 29.8 Å². The number of thiocarbonyl (C=S) groups is 1. The summed E-state index contributed by atoms with van der Waals surface area (Å²) < 4.78 is 0. The number of aromatic carboxylic acids is 1. The van der Waals surface area contributed by atoms with Crippen LogP contribution < -0.4 is 15.7 Å². The van der Waals surface area contributed by atoms with Gasteiger partial charge in [-0.15, -0.1) is 0 Å². The minimum absolute atomic E-state index is 0.0527. The lowest BCUT2D eigenvalue weighted by molar-refractivity contribution is -0.255. The van der Waals surface area contributed by atoms with Crippen molar-refractivity contribution in [1.29, 1.82) is 0 Å². The molecule has 0 spiro atoms. The summed E-state index contributed by atoms with van der Waals surface area (Å²) in [5, 5.41) is 16.4. The molecule has 23 heavy (non-hydrogen) atoms. The minimum Gasteiger partial charge on any atom is -0.545 e. The Hall–Kier alpha value is -2.44. The number of carboxylic acid groups (broad SMARTS) is 1. The lowest BCUT2D eigenvalue weighted by atomic mass is 10.1. The van der Waals surface area contributed by atoms with E-state index in [1.165, 1.54) is 24.3 Å². The summed E-state index contributed by atoms with van der Waals surface area (Å²) in [6, 6.07) is 10.9. The van der Waals surface area contributed by atoms with E-state index in [-0.39, 0.29) is 10.7 Å². The molecule has 0 radical (unpaired) electrons. The Morgan fingerprint density at radius 3 is 2.35 bits per heavy atom. The molecule has 5 nitrogen and oxygen atoms in total. The van der Waals surface area contributed by atoms with E-state index in [0.29, 0.717) is 16.3 Å². The standard InChI is InChI=1S/C16H13ClN2O3S/c1-9-2-7-12(13(17)8-9)14(20)19-16(23)18-11-5-3-10(4-6-11)15(21)22/h2-8H,1H3,(H,21,22)(H2,18,19,20,23)/p-1. The highest BCUT2D eigenvalue weighted by molar-refractivity contribution is 7.80. The Labute approximate surface area is 143 Å². The fraction of sp³-hybridized carbons (Fsp3) is 0.0625. The van der Waals surface area contributed by atoms with E-state index in [1.54, 1.807) is 18.2 Å². The van der Waals surface area contributed by atoms with Crippen LogP contribution in [0.5, 0.6) is 0 Å². The van der Waals surface area contributed by atoms with Crippen LogP contribution in [0.2, 0.25) is 5.02 Å². The summed E-state index contributed by atoms with van der Waals surface area (Å²) >= 11 is 11.1. The molecule has 1 amide bonds. The topological polar surface area (TPSA) is 81.3 Å². The zero-order chi connectivity index (χ0) is 17.0. The third-order valence-electron chi connectivity index (χ3n) is 2.97. The van der Waals surface area contributed by atoms with Gasteiger partial charge in [0.25, 0.3) is 5.91 Å². The van der Waals surface area contributed by atoms with Crippen LogP contribution in [0.3, 0.4) is 0 Å². The van der Waals surface area contributed by atoms with Crippen molar-refractivity contribution < 1.29 is 14.7 Å². The molecule has 0 aliphatic carbocycles. The molecule has 0 saturated heterocycles. The highest BCUT2D eigenvalue weighted by Crippen LogP contribution is 2.17. The van der Waals surface area contributed by atoms with Gasteiger partial charge in [0.05, 0.1) is 16.6 Å². The van der Waals surface area contributed by atoms with Gasteiger partial charge in [-0.05, 0) is 54.5 Å². The number of anilines is 1. The molecule has 2 aromatic carbocycles. The second kappa shape index (κ2) is 7.21. The van der Waals surface area contributed by atoms with E-state index in [4.69, 9.17) is 23.8 Å². The van der Waals surface area contributed by atoms with Crippen LogP contribution in [0.4, 0.5) is 5.69 Å². The average molecular weight is 348 g/mol. The van der Waals surface area contributed by atoms with Crippen molar-refractivity contribution >= 4 is 46.5 Å². The minimum atomic E-state index is -1.26. The van der Waals surface area contributed by atoms with Crippen LogP contribution in [-0.4, -0.2) is 17.0 Å². The maximum absolute atomic E-state index is 12.1. The summed E-state index contributed by atoms with van der Waals surface area (Å²) in [6.07, 6.45) is 0. The normalized spacial score (nSPS) is 10.0. The Balaban J connectivity index is 2.01. The number of hydrogen-bond donors (Lipinski definition) is 2. The summed E-state index contributed by atoms with van der Waals surface area (Å²) in [6.45, 7) is 1.87. The van der Waals surface area contributed by atoms with Crippen molar-refractivity contribution in [2.24, 2.45) is 0 Å². The maximum atomic E-state index is 12.1. The highest BCUT2D eigenvalue weighted by Gasteiger charge is 2.12. The first-order chi connectivity index (χ1) is 10.9. The van der Waals surface area contributed by atoms with Crippen LogP contribution in [0.1, 0.15) is 26.3 Å². The van der Waals surface area contributed by atoms with Crippen LogP contribution in [0.25, 0.3) is 0 Å². The smallest absolute Gasteiger partial charge is 0.258 e. The van der Waals surface area contributed by atoms with E-state index in [0.717, 1.165) is 5.56 Å². The van der Waals surface area contributed by atoms with Crippen LogP contribution in [0, 0.1) is 6.92 Å². The van der Waals surface area contributed by atoms with Crippen molar-refractivity contribution in [1.82, 2.24) is 5.32 Å². The number of amides is 1. The number of carboxylic acids is 1. The first-order valence-electron chi connectivity index (χ1n) is 6.56. The predicted octanol–water partition coefficient (Wildman–Crippen LogP) is 2.14. The third kappa shape index (κ3) is 4.51. The fourth-order valence-corrected chi connectivity index (χ4v) is 2.36. The van der Waals surface area contributed by atoms with Crippen molar-refractivity contribution in [3.05, 3.63) is 64.2 Å². The molecule has 2 N–H and O–H groups in total. The molecule has 0 heterocycles. The Morgan fingerprint density at radius 2 is 1.78 bits per heavy atom. The molecule has 0 aliphatic heterocycles. The van der Waals surface area contributed by atoms with E-state index >= 15 is 0 Å². The molecule has 0 saturated carbocycles. The molecule has 7 heteroatoms. The molecule has 0 unspecified atom stereocenters. The van der Waals surface area contributed by atoms with E-state index in [9.17, 15) is 14.7 Å². The van der Waals surface area contributed by atoms with Gasteiger partial charge in [-0.3, -0.25) is 10.1 Å². The quantitative estimate of drug-likeness (QED) is 0.831. The third-order valence-corrected chi connectivity index (χ3v) is 3.49. The van der Waals surface area contributed by atoms with Crippen LogP contribution in [0.15, 0.2) is 42.5 Å². The van der Waals surface area contributed by atoms with Gasteiger partial charge in [0, 0.05) is 5.69 Å². The number of nitrogens with one attached hydrogen (secondary N) is 2. The van der Waals surface area contributed by atoms with Gasteiger partial charge in [0.1, 0.15) is 0 Å². The molecular formula is C16H12ClN2O3S-. The largest absolute Gasteiger partial charge is 0.545 e. The van der Waals surface area contributed by atoms with Gasteiger partial charge in [0.2, 0.25) is 0 Å². The SMILES string of the molecule is Cc1ccc(C(=O)NC(=S)Nc2ccc(C(=O)[O-])cc2)c(Cl)c1. The van der Waals surface area contributed by atoms with Gasteiger partial charge >= 0.3 is 0 Å².